The van der Waals surface area contributed by atoms with Gasteiger partial charge >= 0.3 is 0 Å². The standard InChI is InChI=1S/C14H12BrN3O2/c1-19-10-4-3-5-11(20-2)12(10)14-17-13(15)9-6-7-16-8-18(9)14/h3-8H,1-2H3. The number of nitrogens with zero attached hydrogens (tertiary/aromatic N) is 3. The van der Waals surface area contributed by atoms with Gasteiger partial charge in [0.2, 0.25) is 0 Å². The lowest BCUT2D eigenvalue weighted by Gasteiger charge is -2.11. The topological polar surface area (TPSA) is 48.7 Å². The highest BCUT2D eigenvalue weighted by Gasteiger charge is 2.19. The molecule has 5 nitrogen and oxygen atoms in total. The van der Waals surface area contributed by atoms with Crippen LogP contribution in [0.15, 0.2) is 41.4 Å². The maximum atomic E-state index is 5.43. The second-order valence-corrected chi connectivity index (χ2v) is 4.85. The Bertz CT molecular complexity index is 748. The maximum Gasteiger partial charge on any atom is 0.154 e. The van der Waals surface area contributed by atoms with E-state index in [0.29, 0.717) is 17.3 Å². The highest BCUT2D eigenvalue weighted by atomic mass is 79.9. The second kappa shape index (κ2) is 5.13. The van der Waals surface area contributed by atoms with E-state index in [1.807, 2.05) is 28.7 Å². The molecule has 0 spiro atoms. The van der Waals surface area contributed by atoms with Crippen LogP contribution in [0.5, 0.6) is 11.5 Å². The molecule has 0 amide bonds. The lowest BCUT2D eigenvalue weighted by Crippen LogP contribution is -1.97. The van der Waals surface area contributed by atoms with Crippen LogP contribution >= 0.6 is 15.9 Å². The Morgan fingerprint density at radius 3 is 2.45 bits per heavy atom. The van der Waals surface area contributed by atoms with Gasteiger partial charge < -0.3 is 9.47 Å². The number of hydrogen-bond acceptors (Lipinski definition) is 4. The Labute approximate surface area is 124 Å². The van der Waals surface area contributed by atoms with Gasteiger partial charge in [-0.1, -0.05) is 6.07 Å². The van der Waals surface area contributed by atoms with Crippen LogP contribution in [0.2, 0.25) is 0 Å². The summed E-state index contributed by atoms with van der Waals surface area (Å²) in [6.07, 6.45) is 3.44. The molecule has 6 heteroatoms. The minimum Gasteiger partial charge on any atom is -0.496 e. The molecule has 102 valence electrons. The fourth-order valence-corrected chi connectivity index (χ4v) is 2.64. The van der Waals surface area contributed by atoms with Crippen molar-refractivity contribution in [2.24, 2.45) is 0 Å². The molecule has 0 N–H and O–H groups in total. The van der Waals surface area contributed by atoms with Gasteiger partial charge in [-0.05, 0) is 34.1 Å². The van der Waals surface area contributed by atoms with Crippen LogP contribution in [0.25, 0.3) is 16.9 Å². The minimum atomic E-state index is 0.701. The average Bonchev–Trinajstić information content (AvgIpc) is 2.83. The summed E-state index contributed by atoms with van der Waals surface area (Å²) in [6, 6.07) is 7.53. The van der Waals surface area contributed by atoms with Crippen LogP contribution in [-0.4, -0.2) is 28.6 Å². The van der Waals surface area contributed by atoms with E-state index in [1.165, 1.54) is 0 Å². The van der Waals surface area contributed by atoms with E-state index in [0.717, 1.165) is 15.7 Å². The summed E-state index contributed by atoms with van der Waals surface area (Å²) in [5.74, 6) is 2.12. The Morgan fingerprint density at radius 1 is 1.10 bits per heavy atom. The Kier molecular flexibility index (Phi) is 3.31. The van der Waals surface area contributed by atoms with Crippen LogP contribution in [-0.2, 0) is 0 Å². The van der Waals surface area contributed by atoms with Crippen molar-refractivity contribution in [1.82, 2.24) is 14.4 Å². The van der Waals surface area contributed by atoms with Gasteiger partial charge in [0.1, 0.15) is 28.0 Å². The minimum absolute atomic E-state index is 0.701. The van der Waals surface area contributed by atoms with E-state index >= 15 is 0 Å². The number of methoxy groups -OCH3 is 2. The van der Waals surface area contributed by atoms with Crippen molar-refractivity contribution in [3.63, 3.8) is 0 Å². The van der Waals surface area contributed by atoms with Crippen molar-refractivity contribution in [3.05, 3.63) is 41.4 Å². The fraction of sp³-hybridized carbons (Fsp3) is 0.143. The highest BCUT2D eigenvalue weighted by molar-refractivity contribution is 9.10. The first-order valence-electron chi connectivity index (χ1n) is 5.95. The van der Waals surface area contributed by atoms with Crippen molar-refractivity contribution in [1.29, 1.82) is 0 Å². The van der Waals surface area contributed by atoms with Crippen molar-refractivity contribution in [3.8, 4) is 22.9 Å². The van der Waals surface area contributed by atoms with Gasteiger partial charge in [-0.2, -0.15) is 0 Å². The molecule has 0 aliphatic carbocycles. The third-order valence-corrected chi connectivity index (χ3v) is 3.64. The van der Waals surface area contributed by atoms with Gasteiger partial charge in [0.15, 0.2) is 5.82 Å². The fourth-order valence-electron chi connectivity index (χ4n) is 2.15. The molecule has 2 aromatic heterocycles. The summed E-state index contributed by atoms with van der Waals surface area (Å²) in [5.41, 5.74) is 1.73. The molecular weight excluding hydrogens is 322 g/mol. The number of imidazole rings is 1. The first-order valence-corrected chi connectivity index (χ1v) is 6.74. The summed E-state index contributed by atoms with van der Waals surface area (Å²) in [7, 11) is 3.25. The van der Waals surface area contributed by atoms with Gasteiger partial charge in [0, 0.05) is 6.20 Å². The summed E-state index contributed by atoms with van der Waals surface area (Å²) in [5, 5.41) is 0. The van der Waals surface area contributed by atoms with E-state index < -0.39 is 0 Å². The van der Waals surface area contributed by atoms with Crippen LogP contribution in [0.3, 0.4) is 0 Å². The molecule has 0 aliphatic rings. The normalized spacial score (nSPS) is 10.8. The molecule has 0 aliphatic heterocycles. The monoisotopic (exact) mass is 333 g/mol. The van der Waals surface area contributed by atoms with Gasteiger partial charge in [-0.25, -0.2) is 9.97 Å². The zero-order valence-electron chi connectivity index (χ0n) is 11.0. The number of fused-ring (bicyclic) bond motifs is 1. The number of benzene rings is 1. The summed E-state index contributed by atoms with van der Waals surface area (Å²) in [6.45, 7) is 0. The molecular formula is C14H12BrN3O2. The molecule has 1 aromatic carbocycles. The molecule has 3 rings (SSSR count). The molecule has 0 saturated heterocycles. The number of halogens is 1. The molecule has 0 unspecified atom stereocenters. The molecule has 0 atom stereocenters. The van der Waals surface area contributed by atoms with Gasteiger partial charge in [-0.3, -0.25) is 4.40 Å². The quantitative estimate of drug-likeness (QED) is 0.738. The summed E-state index contributed by atoms with van der Waals surface area (Å²) < 4.78 is 13.5. The SMILES string of the molecule is COc1cccc(OC)c1-c1nc(Br)c2ccncn12. The molecule has 0 saturated carbocycles. The van der Waals surface area contributed by atoms with E-state index in [9.17, 15) is 0 Å². The maximum absolute atomic E-state index is 5.43. The van der Waals surface area contributed by atoms with Crippen LogP contribution in [0.4, 0.5) is 0 Å². The van der Waals surface area contributed by atoms with E-state index in [2.05, 4.69) is 25.9 Å². The van der Waals surface area contributed by atoms with Gasteiger partial charge in [-0.15, -0.1) is 0 Å². The van der Waals surface area contributed by atoms with E-state index in [-0.39, 0.29) is 0 Å². The first-order chi connectivity index (χ1) is 9.76. The smallest absolute Gasteiger partial charge is 0.154 e. The van der Waals surface area contributed by atoms with E-state index in [1.54, 1.807) is 26.7 Å². The molecule has 0 radical (unpaired) electrons. The first kappa shape index (κ1) is 12.9. The number of rotatable bonds is 3. The lowest BCUT2D eigenvalue weighted by atomic mass is 10.1. The predicted molar refractivity (Wildman–Crippen MR) is 79.2 cm³/mol. The number of ether oxygens (including phenoxy) is 2. The Hall–Kier alpha value is -2.08. The average molecular weight is 334 g/mol. The van der Waals surface area contributed by atoms with Crippen molar-refractivity contribution >= 4 is 21.4 Å². The van der Waals surface area contributed by atoms with Crippen molar-refractivity contribution < 1.29 is 9.47 Å². The molecule has 0 bridgehead atoms. The third kappa shape index (κ3) is 1.92. The lowest BCUT2D eigenvalue weighted by molar-refractivity contribution is 0.397. The molecule has 0 fully saturated rings. The zero-order chi connectivity index (χ0) is 14.1. The summed E-state index contributed by atoms with van der Waals surface area (Å²) >= 11 is 3.47. The second-order valence-electron chi connectivity index (χ2n) is 4.10. The van der Waals surface area contributed by atoms with Gasteiger partial charge in [0.05, 0.1) is 19.7 Å². The van der Waals surface area contributed by atoms with Crippen molar-refractivity contribution in [2.75, 3.05) is 14.2 Å². The molecule has 3 aromatic rings. The number of aromatic nitrogens is 3. The van der Waals surface area contributed by atoms with E-state index in [4.69, 9.17) is 9.47 Å². The molecule has 2 heterocycles. The predicted octanol–water partition coefficient (Wildman–Crippen LogP) is 3.18. The van der Waals surface area contributed by atoms with Crippen molar-refractivity contribution in [2.45, 2.75) is 0 Å². The Morgan fingerprint density at radius 2 is 1.80 bits per heavy atom. The zero-order valence-corrected chi connectivity index (χ0v) is 12.6. The summed E-state index contributed by atoms with van der Waals surface area (Å²) in [4.78, 5) is 8.70. The van der Waals surface area contributed by atoms with Crippen LogP contribution < -0.4 is 9.47 Å². The highest BCUT2D eigenvalue weighted by Crippen LogP contribution is 2.38. The van der Waals surface area contributed by atoms with Gasteiger partial charge in [0.25, 0.3) is 0 Å². The number of hydrogen-bond donors (Lipinski definition) is 0. The van der Waals surface area contributed by atoms with Crippen LogP contribution in [0.1, 0.15) is 0 Å². The Balaban J connectivity index is 2.36. The van der Waals surface area contributed by atoms with Crippen LogP contribution in [0, 0.1) is 0 Å². The molecule has 20 heavy (non-hydrogen) atoms. The third-order valence-electron chi connectivity index (χ3n) is 3.06. The largest absolute Gasteiger partial charge is 0.496 e.